The first kappa shape index (κ1) is 29.7. The van der Waals surface area contributed by atoms with Crippen molar-refractivity contribution in [3.05, 3.63) is 174 Å². The molecule has 0 bridgehead atoms. The van der Waals surface area contributed by atoms with E-state index < -0.39 is 0 Å². The maximum Gasteiger partial charge on any atom is 0.101 e. The molecule has 51 heavy (non-hydrogen) atoms. The minimum Gasteiger partial charge on any atom is -0.308 e. The van der Waals surface area contributed by atoms with Crippen LogP contribution in [-0.4, -0.2) is 4.57 Å². The Morgan fingerprint density at radius 3 is 1.57 bits per heavy atom. The van der Waals surface area contributed by atoms with Gasteiger partial charge in [-0.15, -0.1) is 0 Å². The highest BCUT2D eigenvalue weighted by Gasteiger charge is 2.20. The molecule has 0 saturated carbocycles. The van der Waals surface area contributed by atoms with E-state index in [9.17, 15) is 15.8 Å². The Morgan fingerprint density at radius 2 is 0.922 bits per heavy atom. The first-order valence-corrected chi connectivity index (χ1v) is 16.7. The second-order valence-electron chi connectivity index (χ2n) is 12.6. The van der Waals surface area contributed by atoms with Gasteiger partial charge in [0.25, 0.3) is 0 Å². The van der Waals surface area contributed by atoms with E-state index in [-0.39, 0.29) is 0 Å². The van der Waals surface area contributed by atoms with Crippen LogP contribution >= 0.6 is 0 Å². The fraction of sp³-hybridized carbons (Fsp3) is 0. The lowest BCUT2D eigenvalue weighted by molar-refractivity contribution is 1.16. The number of benzene rings is 8. The predicted octanol–water partition coefficient (Wildman–Crippen LogP) is 11.7. The highest BCUT2D eigenvalue weighted by molar-refractivity contribution is 6.21. The van der Waals surface area contributed by atoms with E-state index in [0.29, 0.717) is 27.9 Å². The van der Waals surface area contributed by atoms with E-state index in [1.54, 1.807) is 6.07 Å². The summed E-state index contributed by atoms with van der Waals surface area (Å²) >= 11 is 0. The van der Waals surface area contributed by atoms with Crippen molar-refractivity contribution in [1.82, 2.24) is 4.57 Å². The van der Waals surface area contributed by atoms with Gasteiger partial charge >= 0.3 is 0 Å². The van der Waals surface area contributed by atoms with Crippen molar-refractivity contribution in [3.63, 3.8) is 0 Å². The lowest BCUT2D eigenvalue weighted by Crippen LogP contribution is -2.00. The van der Waals surface area contributed by atoms with Crippen LogP contribution in [0.5, 0.6) is 0 Å². The third kappa shape index (κ3) is 4.66. The summed E-state index contributed by atoms with van der Waals surface area (Å²) in [6.07, 6.45) is 0. The molecule has 8 aromatic carbocycles. The van der Waals surface area contributed by atoms with Crippen molar-refractivity contribution < 1.29 is 0 Å². The molecule has 1 heterocycles. The number of fused-ring (bicyclic) bond motifs is 5. The van der Waals surface area contributed by atoms with Crippen LogP contribution in [0.1, 0.15) is 16.7 Å². The molecule has 234 valence electrons. The molecule has 0 aliphatic heterocycles. The minimum atomic E-state index is 0.449. The summed E-state index contributed by atoms with van der Waals surface area (Å²) in [5.74, 6) is 0. The Morgan fingerprint density at radius 1 is 0.373 bits per heavy atom. The number of nitrogens with zero attached hydrogens (tertiary/aromatic N) is 4. The summed E-state index contributed by atoms with van der Waals surface area (Å²) in [7, 11) is 0. The van der Waals surface area contributed by atoms with Gasteiger partial charge in [0.1, 0.15) is 6.07 Å². The number of para-hydroxylation sites is 1. The van der Waals surface area contributed by atoms with Crippen LogP contribution in [0, 0.1) is 34.0 Å². The standard InChI is InChI=1S/C47H26N4/c48-27-30-21-22-44-42(23-30)36-15-8-9-20-43(36)51(44)45-26-34(28-49)41(25-35(45)29-50)32-13-10-14-33(24-32)47-39-18-6-4-16-37(39)46(31-11-2-1-3-12-31)38-17-5-7-19-40(38)47/h1-26H. The first-order chi connectivity index (χ1) is 25.2. The van der Waals surface area contributed by atoms with Gasteiger partial charge < -0.3 is 4.57 Å². The van der Waals surface area contributed by atoms with Crippen LogP contribution in [0.25, 0.3) is 82.4 Å². The molecule has 0 unspecified atom stereocenters. The molecule has 1 aromatic heterocycles. The number of nitriles is 3. The maximum atomic E-state index is 10.6. The van der Waals surface area contributed by atoms with Crippen LogP contribution in [0.3, 0.4) is 0 Å². The normalized spacial score (nSPS) is 11.1. The fourth-order valence-electron chi connectivity index (χ4n) is 7.69. The summed E-state index contributed by atoms with van der Waals surface area (Å²) in [5, 5.41) is 37.3. The first-order valence-electron chi connectivity index (χ1n) is 16.7. The van der Waals surface area contributed by atoms with Gasteiger partial charge in [0.15, 0.2) is 0 Å². The van der Waals surface area contributed by atoms with Crippen LogP contribution < -0.4 is 0 Å². The number of hydrogen-bond donors (Lipinski definition) is 0. The summed E-state index contributed by atoms with van der Waals surface area (Å²) < 4.78 is 2.03. The van der Waals surface area contributed by atoms with E-state index in [2.05, 4.69) is 103 Å². The highest BCUT2D eigenvalue weighted by Crippen LogP contribution is 2.44. The van der Waals surface area contributed by atoms with Crippen molar-refractivity contribution in [1.29, 1.82) is 15.8 Å². The van der Waals surface area contributed by atoms with Crippen molar-refractivity contribution in [2.45, 2.75) is 0 Å². The maximum absolute atomic E-state index is 10.6. The molecular weight excluding hydrogens is 621 g/mol. The molecule has 0 spiro atoms. The Balaban J connectivity index is 1.27. The zero-order valence-corrected chi connectivity index (χ0v) is 27.3. The predicted molar refractivity (Wildman–Crippen MR) is 206 cm³/mol. The molecule has 0 radical (unpaired) electrons. The van der Waals surface area contributed by atoms with Crippen LogP contribution in [0.2, 0.25) is 0 Å². The van der Waals surface area contributed by atoms with Gasteiger partial charge in [-0.25, -0.2) is 0 Å². The molecule has 9 aromatic rings. The monoisotopic (exact) mass is 646 g/mol. The number of aromatic nitrogens is 1. The quantitative estimate of drug-likeness (QED) is 0.179. The molecule has 0 aliphatic rings. The van der Waals surface area contributed by atoms with Crippen molar-refractivity contribution in [2.24, 2.45) is 0 Å². The average molecular weight is 647 g/mol. The van der Waals surface area contributed by atoms with Gasteiger partial charge in [-0.05, 0) is 91.8 Å². The minimum absolute atomic E-state index is 0.449. The van der Waals surface area contributed by atoms with Gasteiger partial charge in [0, 0.05) is 16.3 Å². The Kier molecular flexibility index (Phi) is 6.93. The second-order valence-corrected chi connectivity index (χ2v) is 12.6. The second kappa shape index (κ2) is 11.9. The van der Waals surface area contributed by atoms with Crippen molar-refractivity contribution in [2.75, 3.05) is 0 Å². The lowest BCUT2D eigenvalue weighted by atomic mass is 9.85. The molecule has 0 amide bonds. The highest BCUT2D eigenvalue weighted by atomic mass is 15.0. The number of hydrogen-bond acceptors (Lipinski definition) is 3. The molecule has 4 nitrogen and oxygen atoms in total. The Bertz CT molecular complexity index is 2940. The van der Waals surface area contributed by atoms with E-state index in [1.807, 2.05) is 71.3 Å². The third-order valence-electron chi connectivity index (χ3n) is 9.88. The molecule has 0 aliphatic carbocycles. The average Bonchev–Trinajstić information content (AvgIpc) is 3.53. The van der Waals surface area contributed by atoms with Gasteiger partial charge in [-0.2, -0.15) is 15.8 Å². The van der Waals surface area contributed by atoms with Crippen molar-refractivity contribution >= 4 is 43.4 Å². The summed E-state index contributed by atoms with van der Waals surface area (Å²) in [6, 6.07) is 60.2. The fourth-order valence-corrected chi connectivity index (χ4v) is 7.69. The van der Waals surface area contributed by atoms with E-state index in [4.69, 9.17) is 0 Å². The largest absolute Gasteiger partial charge is 0.308 e. The summed E-state index contributed by atoms with van der Waals surface area (Å²) in [6.45, 7) is 0. The lowest BCUT2D eigenvalue weighted by Gasteiger charge is -2.18. The molecular formula is C47H26N4. The Labute approximate surface area is 294 Å². The van der Waals surface area contributed by atoms with E-state index >= 15 is 0 Å². The van der Waals surface area contributed by atoms with Crippen molar-refractivity contribution in [3.8, 4) is 57.3 Å². The molecule has 0 saturated heterocycles. The zero-order chi connectivity index (χ0) is 34.5. The SMILES string of the molecule is N#Cc1ccc2c(c1)c1ccccc1n2-c1cc(C#N)c(-c2cccc(-c3c4ccccc4c(-c4ccccc4)c4ccccc34)c2)cc1C#N. The van der Waals surface area contributed by atoms with E-state index in [1.165, 1.54) is 21.9 Å². The smallest absolute Gasteiger partial charge is 0.101 e. The third-order valence-corrected chi connectivity index (χ3v) is 9.88. The van der Waals surface area contributed by atoms with Crippen LogP contribution in [-0.2, 0) is 0 Å². The topological polar surface area (TPSA) is 76.3 Å². The molecule has 0 N–H and O–H groups in total. The molecule has 0 fully saturated rings. The zero-order valence-electron chi connectivity index (χ0n) is 27.3. The summed E-state index contributed by atoms with van der Waals surface area (Å²) in [4.78, 5) is 0. The van der Waals surface area contributed by atoms with E-state index in [0.717, 1.165) is 49.3 Å². The Hall–Kier alpha value is -7.45. The number of rotatable bonds is 4. The van der Waals surface area contributed by atoms with Gasteiger partial charge in [-0.1, -0.05) is 115 Å². The van der Waals surface area contributed by atoms with Gasteiger partial charge in [-0.3, -0.25) is 0 Å². The van der Waals surface area contributed by atoms with Crippen LogP contribution in [0.15, 0.2) is 158 Å². The molecule has 0 atom stereocenters. The summed E-state index contributed by atoms with van der Waals surface area (Å²) in [5.41, 5.74) is 9.95. The molecule has 4 heteroatoms. The molecule has 9 rings (SSSR count). The van der Waals surface area contributed by atoms with Gasteiger partial charge in [0.2, 0.25) is 0 Å². The van der Waals surface area contributed by atoms with Crippen LogP contribution in [0.4, 0.5) is 0 Å². The van der Waals surface area contributed by atoms with Gasteiger partial charge in [0.05, 0.1) is 45.5 Å².